The van der Waals surface area contributed by atoms with E-state index in [0.717, 1.165) is 16.7 Å². The van der Waals surface area contributed by atoms with Crippen molar-refractivity contribution in [1.82, 2.24) is 4.90 Å². The molecule has 1 saturated heterocycles. The molecule has 1 aromatic heterocycles. The van der Waals surface area contributed by atoms with Crippen molar-refractivity contribution in [2.75, 3.05) is 14.2 Å². The summed E-state index contributed by atoms with van der Waals surface area (Å²) >= 11 is 0. The van der Waals surface area contributed by atoms with Gasteiger partial charge in [-0.2, -0.15) is 0 Å². The first-order valence-electron chi connectivity index (χ1n) is 11.4. The van der Waals surface area contributed by atoms with E-state index in [9.17, 15) is 19.1 Å². The highest BCUT2D eigenvalue weighted by atomic mass is 19.1. The smallest absolute Gasteiger partial charge is 0.237 e. The second kappa shape index (κ2) is 9.03. The quantitative estimate of drug-likeness (QED) is 0.488. The third-order valence-electron chi connectivity index (χ3n) is 6.67. The van der Waals surface area contributed by atoms with Crippen LogP contribution in [0.4, 0.5) is 4.39 Å². The third kappa shape index (κ3) is 3.84. The molecule has 1 aliphatic heterocycles. The first kappa shape index (κ1) is 23.4. The number of amides is 2. The molecule has 0 spiro atoms. The fourth-order valence-electron chi connectivity index (χ4n) is 4.96. The number of likely N-dealkylation sites (tertiary alicyclic amines) is 1. The fourth-order valence-corrected chi connectivity index (χ4v) is 4.96. The van der Waals surface area contributed by atoms with Crippen molar-refractivity contribution < 1.29 is 33.0 Å². The van der Waals surface area contributed by atoms with Crippen LogP contribution < -0.4 is 9.47 Å². The maximum atomic E-state index is 14.4. The Bertz CT molecular complexity index is 1410. The van der Waals surface area contributed by atoms with E-state index in [1.807, 2.05) is 13.0 Å². The largest absolute Gasteiger partial charge is 0.502 e. The van der Waals surface area contributed by atoms with Crippen molar-refractivity contribution in [3.63, 3.8) is 0 Å². The van der Waals surface area contributed by atoms with Gasteiger partial charge in [0.1, 0.15) is 11.6 Å². The van der Waals surface area contributed by atoms with Gasteiger partial charge in [-0.15, -0.1) is 0 Å². The van der Waals surface area contributed by atoms with Gasteiger partial charge in [0.15, 0.2) is 11.5 Å². The topological polar surface area (TPSA) is 89.2 Å². The van der Waals surface area contributed by atoms with Gasteiger partial charge in [0.25, 0.3) is 0 Å². The highest BCUT2D eigenvalue weighted by Crippen LogP contribution is 2.49. The summed E-state index contributed by atoms with van der Waals surface area (Å²) in [6, 6.07) is 11.2. The summed E-state index contributed by atoms with van der Waals surface area (Å²) in [6.07, 6.45) is 3.35. The maximum absolute atomic E-state index is 14.4. The lowest BCUT2D eigenvalue weighted by molar-refractivity contribution is -0.139. The molecule has 5 rings (SSSR count). The number of fused-ring (bicyclic) bond motifs is 1. The van der Waals surface area contributed by atoms with Gasteiger partial charge in [-0.05, 0) is 82.8 Å². The van der Waals surface area contributed by atoms with Crippen LogP contribution in [-0.2, 0) is 16.1 Å². The van der Waals surface area contributed by atoms with Crippen LogP contribution in [0.5, 0.6) is 17.2 Å². The molecule has 1 fully saturated rings. The molecular formula is C28H24FNO6. The van der Waals surface area contributed by atoms with Crippen LogP contribution in [-0.4, -0.2) is 36.0 Å². The number of halogens is 1. The Morgan fingerprint density at radius 1 is 1.11 bits per heavy atom. The normalized spacial score (nSPS) is 18.4. The minimum atomic E-state index is -0.734. The first-order valence-corrected chi connectivity index (χ1v) is 11.4. The summed E-state index contributed by atoms with van der Waals surface area (Å²) in [5, 5.41) is 10.3. The molecular weight excluding hydrogens is 465 g/mol. The molecule has 0 radical (unpaired) electrons. The van der Waals surface area contributed by atoms with E-state index in [1.54, 1.807) is 30.3 Å². The number of phenols is 1. The number of aromatic hydroxyl groups is 1. The summed E-state index contributed by atoms with van der Waals surface area (Å²) in [5.74, 6) is -0.927. The number of methoxy groups -OCH3 is 2. The van der Waals surface area contributed by atoms with Crippen molar-refractivity contribution in [2.45, 2.75) is 19.9 Å². The molecule has 0 saturated carbocycles. The molecule has 2 amide bonds. The molecule has 3 aromatic rings. The van der Waals surface area contributed by atoms with Crippen molar-refractivity contribution >= 4 is 29.0 Å². The molecule has 0 bridgehead atoms. The molecule has 1 N–H and O–H groups in total. The van der Waals surface area contributed by atoms with Gasteiger partial charge >= 0.3 is 0 Å². The Morgan fingerprint density at radius 2 is 1.83 bits per heavy atom. The fraction of sp³-hybridized carbons (Fsp3) is 0.214. The van der Waals surface area contributed by atoms with Crippen molar-refractivity contribution in [3.05, 3.63) is 82.6 Å². The summed E-state index contributed by atoms with van der Waals surface area (Å²) in [4.78, 5) is 27.4. The van der Waals surface area contributed by atoms with E-state index in [-0.39, 0.29) is 42.0 Å². The van der Waals surface area contributed by atoms with E-state index in [1.165, 1.54) is 37.5 Å². The minimum absolute atomic E-state index is 0.00367. The Hall–Kier alpha value is -4.33. The lowest BCUT2D eigenvalue weighted by Crippen LogP contribution is -2.30. The summed E-state index contributed by atoms with van der Waals surface area (Å²) in [5.41, 5.74) is 4.20. The molecule has 2 aliphatic rings. The Balaban J connectivity index is 1.60. The average molecular weight is 489 g/mol. The van der Waals surface area contributed by atoms with Gasteiger partial charge in [0.2, 0.25) is 17.6 Å². The van der Waals surface area contributed by atoms with Crippen molar-refractivity contribution in [2.24, 2.45) is 5.92 Å². The lowest BCUT2D eigenvalue weighted by atomic mass is 9.90. The molecule has 8 heteroatoms. The highest BCUT2D eigenvalue weighted by molar-refractivity contribution is 6.15. The van der Waals surface area contributed by atoms with E-state index in [0.29, 0.717) is 22.5 Å². The molecule has 2 aromatic carbocycles. The van der Waals surface area contributed by atoms with Gasteiger partial charge in [0, 0.05) is 6.42 Å². The number of hydrogen-bond donors (Lipinski definition) is 1. The molecule has 2 heterocycles. The van der Waals surface area contributed by atoms with E-state index >= 15 is 0 Å². The number of hydrogen-bond acceptors (Lipinski definition) is 6. The van der Waals surface area contributed by atoms with Crippen LogP contribution >= 0.6 is 0 Å². The van der Waals surface area contributed by atoms with Crippen LogP contribution in [0.3, 0.4) is 0 Å². The number of nitrogens with zero attached hydrogens (tertiary/aromatic N) is 1. The highest BCUT2D eigenvalue weighted by Gasteiger charge is 2.44. The van der Waals surface area contributed by atoms with Crippen LogP contribution in [0, 0.1) is 11.7 Å². The standard InChI is InChI=1S/C28H24FNO6/c1-15-20(9-16-10-23(34-2)27(32)24(11-16)35-3)19-7-6-17(29)12-21(19)26(15)22-13-25(31)30(28(22)33)14-18-5-4-8-36-18/h4-12,22,32H,13-14H2,1-3H3/b20-9-. The Labute approximate surface area is 207 Å². The number of carbonyl (C=O) groups is 2. The minimum Gasteiger partial charge on any atom is -0.502 e. The van der Waals surface area contributed by atoms with E-state index in [4.69, 9.17) is 13.9 Å². The monoisotopic (exact) mass is 489 g/mol. The zero-order valence-electron chi connectivity index (χ0n) is 20.0. The molecule has 7 nitrogen and oxygen atoms in total. The summed E-state index contributed by atoms with van der Waals surface area (Å²) < 4.78 is 30.2. The van der Waals surface area contributed by atoms with Gasteiger partial charge in [-0.1, -0.05) is 6.07 Å². The van der Waals surface area contributed by atoms with Crippen LogP contribution in [0.2, 0.25) is 0 Å². The lowest BCUT2D eigenvalue weighted by Gasteiger charge is -2.15. The van der Waals surface area contributed by atoms with Crippen molar-refractivity contribution in [1.29, 1.82) is 0 Å². The number of furan rings is 1. The number of benzene rings is 2. The number of imide groups is 1. The van der Waals surface area contributed by atoms with E-state index < -0.39 is 11.7 Å². The second-order valence-corrected chi connectivity index (χ2v) is 8.71. The van der Waals surface area contributed by atoms with Gasteiger partial charge < -0.3 is 19.0 Å². The molecule has 1 atom stereocenters. The number of phenolic OH excluding ortho intramolecular Hbond substituents is 1. The molecule has 184 valence electrons. The zero-order chi connectivity index (χ0) is 25.6. The Kier molecular flexibility index (Phi) is 5.88. The molecule has 1 unspecified atom stereocenters. The van der Waals surface area contributed by atoms with Crippen molar-refractivity contribution in [3.8, 4) is 17.2 Å². The Morgan fingerprint density at radius 3 is 2.47 bits per heavy atom. The zero-order valence-corrected chi connectivity index (χ0v) is 20.0. The number of rotatable bonds is 6. The predicted molar refractivity (Wildman–Crippen MR) is 130 cm³/mol. The van der Waals surface area contributed by atoms with Gasteiger partial charge in [-0.3, -0.25) is 14.5 Å². The second-order valence-electron chi connectivity index (χ2n) is 8.71. The molecule has 36 heavy (non-hydrogen) atoms. The summed E-state index contributed by atoms with van der Waals surface area (Å²) in [7, 11) is 2.89. The van der Waals surface area contributed by atoms with Gasteiger partial charge in [-0.25, -0.2) is 4.39 Å². The summed E-state index contributed by atoms with van der Waals surface area (Å²) in [6.45, 7) is 1.92. The third-order valence-corrected chi connectivity index (χ3v) is 6.67. The van der Waals surface area contributed by atoms with Gasteiger partial charge in [0.05, 0.1) is 32.9 Å². The molecule has 1 aliphatic carbocycles. The average Bonchev–Trinajstić information content (AvgIpc) is 3.54. The van der Waals surface area contributed by atoms with E-state index in [2.05, 4.69) is 0 Å². The van der Waals surface area contributed by atoms with Crippen LogP contribution in [0.1, 0.15) is 35.8 Å². The number of allylic oxidation sites excluding steroid dienone is 2. The SMILES string of the molecule is COc1cc(/C=C2/C(C)=C(C3CC(=O)N(Cc4ccco4)C3=O)c3cc(F)ccc32)cc(OC)c1O. The number of ether oxygens (including phenoxy) is 2. The predicted octanol–water partition coefficient (Wildman–Crippen LogP) is 5.04. The maximum Gasteiger partial charge on any atom is 0.237 e. The number of carbonyl (C=O) groups excluding carboxylic acids is 2. The van der Waals surface area contributed by atoms with Crippen LogP contribution in [0.15, 0.2) is 58.7 Å². The first-order chi connectivity index (χ1) is 17.3. The van der Waals surface area contributed by atoms with Crippen LogP contribution in [0.25, 0.3) is 17.2 Å².